The molecule has 2 aromatic carbocycles. The summed E-state index contributed by atoms with van der Waals surface area (Å²) in [6.07, 6.45) is -3.10. The van der Waals surface area contributed by atoms with Gasteiger partial charge in [0.25, 0.3) is 0 Å². The largest absolute Gasteiger partial charge is 0.416 e. The molecule has 0 N–H and O–H groups in total. The van der Waals surface area contributed by atoms with E-state index in [0.717, 1.165) is 29.1 Å². The first-order valence-corrected chi connectivity index (χ1v) is 9.97. The van der Waals surface area contributed by atoms with E-state index in [1.165, 1.54) is 12.1 Å². The molecule has 0 bridgehead atoms. The molecule has 0 spiro atoms. The molecule has 156 valence electrons. The number of hydrogen-bond acceptors (Lipinski definition) is 3. The lowest BCUT2D eigenvalue weighted by Gasteiger charge is -2.25. The second-order valence-electron chi connectivity index (χ2n) is 7.77. The average Bonchev–Trinajstić information content (AvgIpc) is 3.33. The number of halogens is 3. The van der Waals surface area contributed by atoms with Crippen molar-refractivity contribution in [1.29, 1.82) is 5.26 Å². The highest BCUT2D eigenvalue weighted by atomic mass is 19.4. The highest BCUT2D eigenvalue weighted by Crippen LogP contribution is 2.41. The van der Waals surface area contributed by atoms with Crippen LogP contribution in [0.2, 0.25) is 0 Å². The third-order valence-electron chi connectivity index (χ3n) is 5.92. The van der Waals surface area contributed by atoms with Crippen LogP contribution in [-0.4, -0.2) is 19.3 Å². The summed E-state index contributed by atoms with van der Waals surface area (Å²) in [5.41, 5.74) is 1.87. The Morgan fingerprint density at radius 3 is 2.71 bits per heavy atom. The van der Waals surface area contributed by atoms with E-state index in [1.807, 2.05) is 23.7 Å². The Hall–Kier alpha value is -3.60. The smallest absolute Gasteiger partial charge is 0.341 e. The van der Waals surface area contributed by atoms with Crippen molar-refractivity contribution in [3.05, 3.63) is 71.0 Å². The van der Waals surface area contributed by atoms with E-state index in [9.17, 15) is 13.2 Å². The zero-order valence-electron chi connectivity index (χ0n) is 16.7. The molecular formula is C23H18F3N5. The fourth-order valence-corrected chi connectivity index (χ4v) is 4.45. The molecule has 4 aromatic rings. The summed E-state index contributed by atoms with van der Waals surface area (Å²) in [5.74, 6) is 0.567. The van der Waals surface area contributed by atoms with Crippen LogP contribution in [0.3, 0.4) is 0 Å². The van der Waals surface area contributed by atoms with Gasteiger partial charge in [-0.15, -0.1) is 5.10 Å². The van der Waals surface area contributed by atoms with Crippen molar-refractivity contribution in [2.75, 3.05) is 0 Å². The van der Waals surface area contributed by atoms with Gasteiger partial charge in [-0.1, -0.05) is 18.2 Å². The van der Waals surface area contributed by atoms with Crippen molar-refractivity contribution in [3.63, 3.8) is 0 Å². The summed E-state index contributed by atoms with van der Waals surface area (Å²) in [4.78, 5) is 4.70. The second kappa shape index (κ2) is 6.98. The number of aryl methyl sites for hydroxylation is 2. The van der Waals surface area contributed by atoms with Crippen molar-refractivity contribution in [3.8, 4) is 17.6 Å². The van der Waals surface area contributed by atoms with Gasteiger partial charge in [0.05, 0.1) is 22.9 Å². The van der Waals surface area contributed by atoms with E-state index in [4.69, 9.17) is 10.2 Å². The van der Waals surface area contributed by atoms with E-state index in [0.29, 0.717) is 30.2 Å². The molecule has 0 saturated carbocycles. The first-order valence-electron chi connectivity index (χ1n) is 9.97. The number of alkyl halides is 3. The van der Waals surface area contributed by atoms with Crippen LogP contribution in [-0.2, 0) is 19.8 Å². The number of hydrogen-bond donors (Lipinski definition) is 0. The molecule has 0 radical (unpaired) electrons. The Bertz CT molecular complexity index is 1340. The molecule has 8 heteroatoms. The molecule has 31 heavy (non-hydrogen) atoms. The first-order chi connectivity index (χ1) is 14.9. The Morgan fingerprint density at radius 2 is 1.94 bits per heavy atom. The number of nitriles is 1. The lowest BCUT2D eigenvalue weighted by Crippen LogP contribution is -2.21. The molecule has 5 nitrogen and oxygen atoms in total. The molecule has 2 aromatic heterocycles. The Labute approximate surface area is 176 Å². The van der Waals surface area contributed by atoms with Crippen LogP contribution in [0.1, 0.15) is 41.3 Å². The van der Waals surface area contributed by atoms with Crippen molar-refractivity contribution in [2.24, 2.45) is 7.05 Å². The van der Waals surface area contributed by atoms with Gasteiger partial charge in [-0.2, -0.15) is 18.4 Å². The third kappa shape index (κ3) is 3.17. The standard InChI is InChI=1S/C23H18F3N5/c1-30-19-9-8-14(13-27)11-15(19)12-20(30)21-28-22-17(6-4-10-31(22)29-21)16-5-2-3-7-18(16)23(24,25)26/h2-3,5,7-9,11-12,17H,4,6,10H2,1H3. The van der Waals surface area contributed by atoms with Crippen LogP contribution in [0.25, 0.3) is 22.4 Å². The molecule has 1 aliphatic heterocycles. The lowest BCUT2D eigenvalue weighted by atomic mass is 9.88. The topological polar surface area (TPSA) is 59.4 Å². The summed E-state index contributed by atoms with van der Waals surface area (Å²) in [6.45, 7) is 0.621. The molecule has 0 aliphatic carbocycles. The van der Waals surface area contributed by atoms with E-state index in [2.05, 4.69) is 11.2 Å². The molecular weight excluding hydrogens is 403 g/mol. The van der Waals surface area contributed by atoms with E-state index >= 15 is 0 Å². The highest BCUT2D eigenvalue weighted by molar-refractivity contribution is 5.86. The minimum absolute atomic E-state index is 0.241. The molecule has 0 fully saturated rings. The lowest BCUT2D eigenvalue weighted by molar-refractivity contribution is -0.138. The van der Waals surface area contributed by atoms with Gasteiger partial charge in [-0.3, -0.25) is 0 Å². The fourth-order valence-electron chi connectivity index (χ4n) is 4.45. The quantitative estimate of drug-likeness (QED) is 0.444. The summed E-state index contributed by atoms with van der Waals surface area (Å²) in [7, 11) is 1.89. The number of aromatic nitrogens is 4. The average molecular weight is 421 g/mol. The fraction of sp³-hybridized carbons (Fsp3) is 0.261. The minimum atomic E-state index is -4.42. The van der Waals surface area contributed by atoms with Crippen LogP contribution in [0.5, 0.6) is 0 Å². The van der Waals surface area contributed by atoms with Gasteiger partial charge in [0.2, 0.25) is 0 Å². The molecule has 0 amide bonds. The van der Waals surface area contributed by atoms with E-state index in [1.54, 1.807) is 22.9 Å². The predicted octanol–water partition coefficient (Wildman–Crippen LogP) is 5.25. The zero-order chi connectivity index (χ0) is 21.8. The molecule has 3 heterocycles. The van der Waals surface area contributed by atoms with Gasteiger partial charge in [0, 0.05) is 30.4 Å². The molecule has 0 saturated heterocycles. The third-order valence-corrected chi connectivity index (χ3v) is 5.92. The SMILES string of the molecule is Cn1c(-c2nc3n(n2)CCCC3c2ccccc2C(F)(F)F)cc2cc(C#N)ccc21. The summed E-state index contributed by atoms with van der Waals surface area (Å²) < 4.78 is 44.5. The minimum Gasteiger partial charge on any atom is -0.341 e. The summed E-state index contributed by atoms with van der Waals surface area (Å²) in [5, 5.41) is 14.7. The Kier molecular flexibility index (Phi) is 4.36. The van der Waals surface area contributed by atoms with Crippen molar-refractivity contribution < 1.29 is 13.2 Å². The van der Waals surface area contributed by atoms with Gasteiger partial charge >= 0.3 is 6.18 Å². The number of rotatable bonds is 2. The van der Waals surface area contributed by atoms with E-state index in [-0.39, 0.29) is 5.56 Å². The molecule has 1 aliphatic rings. The number of benzene rings is 2. The van der Waals surface area contributed by atoms with Crippen LogP contribution in [0.15, 0.2) is 48.5 Å². The van der Waals surface area contributed by atoms with Crippen LogP contribution < -0.4 is 0 Å². The van der Waals surface area contributed by atoms with Crippen LogP contribution in [0.4, 0.5) is 13.2 Å². The van der Waals surface area contributed by atoms with Crippen molar-refractivity contribution in [2.45, 2.75) is 31.5 Å². The number of fused-ring (bicyclic) bond motifs is 2. The summed E-state index contributed by atoms with van der Waals surface area (Å²) >= 11 is 0. The van der Waals surface area contributed by atoms with E-state index < -0.39 is 17.7 Å². The highest BCUT2D eigenvalue weighted by Gasteiger charge is 2.37. The van der Waals surface area contributed by atoms with Crippen molar-refractivity contribution >= 4 is 10.9 Å². The Balaban J connectivity index is 1.62. The maximum absolute atomic E-state index is 13.6. The van der Waals surface area contributed by atoms with Gasteiger partial charge in [-0.05, 0) is 48.7 Å². The zero-order valence-corrected chi connectivity index (χ0v) is 16.7. The van der Waals surface area contributed by atoms with Gasteiger partial charge in [0.15, 0.2) is 5.82 Å². The second-order valence-corrected chi connectivity index (χ2v) is 7.77. The van der Waals surface area contributed by atoms with Crippen molar-refractivity contribution in [1.82, 2.24) is 19.3 Å². The van der Waals surface area contributed by atoms with Gasteiger partial charge in [-0.25, -0.2) is 9.67 Å². The van der Waals surface area contributed by atoms with Gasteiger partial charge < -0.3 is 4.57 Å². The van der Waals surface area contributed by atoms with Crippen LogP contribution in [0, 0.1) is 11.3 Å². The molecule has 5 rings (SSSR count). The number of nitrogens with zero attached hydrogens (tertiary/aromatic N) is 5. The summed E-state index contributed by atoms with van der Waals surface area (Å²) in [6, 6.07) is 15.2. The molecule has 1 atom stereocenters. The predicted molar refractivity (Wildman–Crippen MR) is 109 cm³/mol. The van der Waals surface area contributed by atoms with Crippen LogP contribution >= 0.6 is 0 Å². The first kappa shape index (κ1) is 19.4. The van der Waals surface area contributed by atoms with Gasteiger partial charge in [0.1, 0.15) is 5.82 Å². The normalized spacial score (nSPS) is 16.3. The Morgan fingerprint density at radius 1 is 1.13 bits per heavy atom. The monoisotopic (exact) mass is 421 g/mol. The maximum Gasteiger partial charge on any atom is 0.416 e. The molecule has 1 unspecified atom stereocenters. The maximum atomic E-state index is 13.6.